The quantitative estimate of drug-likeness (QED) is 0.127. The molecule has 14 N–H and O–H groups in total. The van der Waals surface area contributed by atoms with Gasteiger partial charge in [-0.3, -0.25) is 0 Å². The summed E-state index contributed by atoms with van der Waals surface area (Å²) in [5.41, 5.74) is 37.9. The first kappa shape index (κ1) is 42.8. The van der Waals surface area contributed by atoms with Crippen molar-refractivity contribution in [1.29, 1.82) is 0 Å². The lowest BCUT2D eigenvalue weighted by molar-refractivity contribution is 0.177. The number of ether oxygens (including phenoxy) is 1. The van der Waals surface area contributed by atoms with Crippen LogP contribution in [-0.4, -0.2) is 59.5 Å². The van der Waals surface area contributed by atoms with Gasteiger partial charge in [-0.2, -0.15) is 0 Å². The number of rotatable bonds is 20. The van der Waals surface area contributed by atoms with Crippen LogP contribution in [0.1, 0.15) is 98.3 Å². The van der Waals surface area contributed by atoms with Crippen molar-refractivity contribution in [3.63, 3.8) is 0 Å². The third-order valence-electron chi connectivity index (χ3n) is 6.44. The average Bonchev–Trinajstić information content (AvgIpc) is 2.87. The Hall–Kier alpha value is -0.320. The summed E-state index contributed by atoms with van der Waals surface area (Å²) < 4.78 is 4.92. The van der Waals surface area contributed by atoms with Crippen LogP contribution in [0.25, 0.3) is 0 Å². The van der Waals surface area contributed by atoms with Crippen LogP contribution in [0, 0.1) is 23.7 Å². The Labute approximate surface area is 226 Å². The average molecular weight is 522 g/mol. The number of unbranched alkanes of at least 4 members (excludes halogenated alkanes) is 1. The van der Waals surface area contributed by atoms with E-state index < -0.39 is 0 Å². The zero-order chi connectivity index (χ0) is 28.5. The van der Waals surface area contributed by atoms with Gasteiger partial charge in [-0.1, -0.05) is 59.8 Å². The second-order valence-corrected chi connectivity index (χ2v) is 9.84. The lowest BCUT2D eigenvalue weighted by Crippen LogP contribution is -2.22. The Morgan fingerprint density at radius 1 is 0.528 bits per heavy atom. The van der Waals surface area contributed by atoms with Crippen molar-refractivity contribution in [2.45, 2.75) is 98.3 Å². The van der Waals surface area contributed by atoms with Gasteiger partial charge in [0, 0.05) is 13.7 Å². The number of methoxy groups -OCH3 is 1. The molecule has 0 heterocycles. The van der Waals surface area contributed by atoms with Gasteiger partial charge in [0.15, 0.2) is 0 Å². The second kappa shape index (κ2) is 39.2. The molecule has 0 saturated heterocycles. The Kier molecular flexibility index (Phi) is 46.6. The molecule has 36 heavy (non-hydrogen) atoms. The summed E-state index contributed by atoms with van der Waals surface area (Å²) in [5.74, 6) is 2.71. The van der Waals surface area contributed by atoms with Gasteiger partial charge in [-0.25, -0.2) is 0 Å². The van der Waals surface area contributed by atoms with Gasteiger partial charge >= 0.3 is 0 Å². The van der Waals surface area contributed by atoms with Crippen LogP contribution in [-0.2, 0) is 4.74 Å². The molecule has 0 aromatic heterocycles. The highest BCUT2D eigenvalue weighted by atomic mass is 16.5. The fourth-order valence-electron chi connectivity index (χ4n) is 3.62. The summed E-state index contributed by atoms with van der Waals surface area (Å²) in [4.78, 5) is 0. The molecule has 8 heteroatoms. The molecule has 0 aliphatic carbocycles. The minimum atomic E-state index is 0.560. The maximum absolute atomic E-state index is 5.47. The summed E-state index contributed by atoms with van der Waals surface area (Å²) in [5, 5.41) is 0. The molecular weight excluding hydrogens is 450 g/mol. The molecule has 0 spiro atoms. The molecule has 224 valence electrons. The minimum absolute atomic E-state index is 0.560. The zero-order valence-electron chi connectivity index (χ0n) is 25.2. The van der Waals surface area contributed by atoms with Gasteiger partial charge in [-0.05, 0) is 108 Å². The van der Waals surface area contributed by atoms with E-state index in [4.69, 9.17) is 44.9 Å². The van der Waals surface area contributed by atoms with Crippen molar-refractivity contribution in [3.8, 4) is 0 Å². The smallest absolute Gasteiger partial charge is 0.0465 e. The Morgan fingerprint density at radius 3 is 1.31 bits per heavy atom. The summed E-state index contributed by atoms with van der Waals surface area (Å²) >= 11 is 0. The molecular formula is C28H71N7O. The van der Waals surface area contributed by atoms with E-state index in [-0.39, 0.29) is 0 Å². The standard InChI is InChI=1S/C8H20N2.C7H18N2.C7H17NO.C6H16N2/c1-2-3-8(4-6-9)5-7-10;1-2-3-4-7(5-8)6-9;1-3-7(6-8)4-5-9-2;1-6(2-4-7)3-5-8/h8H,2-7,9-10H2,1H3;7H,2-6,8-9H2,1H3;7H,3-6,8H2,1-2H3;6H,2-5,7-8H2,1H3. The normalized spacial score (nSPS) is 11.4. The van der Waals surface area contributed by atoms with E-state index in [1.807, 2.05) is 0 Å². The molecule has 0 fully saturated rings. The Bertz CT molecular complexity index is 308. The van der Waals surface area contributed by atoms with Gasteiger partial charge in [0.25, 0.3) is 0 Å². The van der Waals surface area contributed by atoms with Crippen molar-refractivity contribution < 1.29 is 4.74 Å². The maximum Gasteiger partial charge on any atom is 0.0465 e. The van der Waals surface area contributed by atoms with Crippen LogP contribution >= 0.6 is 0 Å². The Morgan fingerprint density at radius 2 is 1.00 bits per heavy atom. The van der Waals surface area contributed by atoms with E-state index >= 15 is 0 Å². The highest BCUT2D eigenvalue weighted by Gasteiger charge is 2.04. The van der Waals surface area contributed by atoms with Crippen molar-refractivity contribution >= 4 is 0 Å². The molecule has 0 radical (unpaired) electrons. The van der Waals surface area contributed by atoms with Gasteiger partial charge in [0.1, 0.15) is 0 Å². The van der Waals surface area contributed by atoms with E-state index in [0.717, 1.165) is 90.4 Å². The van der Waals surface area contributed by atoms with Crippen LogP contribution < -0.4 is 40.1 Å². The molecule has 8 nitrogen and oxygen atoms in total. The number of hydrogen-bond acceptors (Lipinski definition) is 8. The van der Waals surface area contributed by atoms with Crippen LogP contribution in [0.5, 0.6) is 0 Å². The third kappa shape index (κ3) is 38.2. The largest absolute Gasteiger partial charge is 0.385 e. The van der Waals surface area contributed by atoms with Gasteiger partial charge in [0.2, 0.25) is 0 Å². The van der Waals surface area contributed by atoms with E-state index in [2.05, 4.69) is 27.7 Å². The summed E-state index contributed by atoms with van der Waals surface area (Å²) in [6.45, 7) is 15.1. The SMILES string of the molecule is CC(CCN)CCN.CCC(CN)CCOC.CCCC(CCN)CCN.CCCCC(CN)CN. The van der Waals surface area contributed by atoms with Crippen LogP contribution in [0.3, 0.4) is 0 Å². The molecule has 0 amide bonds. The Balaban J connectivity index is -0.000000190. The maximum atomic E-state index is 5.47. The first-order chi connectivity index (χ1) is 17.3. The van der Waals surface area contributed by atoms with Crippen LogP contribution in [0.4, 0.5) is 0 Å². The fourth-order valence-corrected chi connectivity index (χ4v) is 3.62. The van der Waals surface area contributed by atoms with Gasteiger partial charge < -0.3 is 44.9 Å². The van der Waals surface area contributed by atoms with Crippen molar-refractivity contribution in [2.75, 3.05) is 59.5 Å². The van der Waals surface area contributed by atoms with Crippen molar-refractivity contribution in [3.05, 3.63) is 0 Å². The number of nitrogens with two attached hydrogens (primary N) is 7. The molecule has 0 aromatic carbocycles. The molecule has 0 bridgehead atoms. The van der Waals surface area contributed by atoms with Crippen LogP contribution in [0.15, 0.2) is 0 Å². The fraction of sp³-hybridized carbons (Fsp3) is 1.00. The van der Waals surface area contributed by atoms with Gasteiger partial charge in [-0.15, -0.1) is 0 Å². The molecule has 0 aromatic rings. The lowest BCUT2D eigenvalue weighted by Gasteiger charge is -2.12. The summed E-state index contributed by atoms with van der Waals surface area (Å²) in [6.07, 6.45) is 13.0. The molecule has 1 atom stereocenters. The van der Waals surface area contributed by atoms with E-state index in [1.54, 1.807) is 7.11 Å². The van der Waals surface area contributed by atoms with E-state index in [9.17, 15) is 0 Å². The first-order valence-electron chi connectivity index (χ1n) is 14.7. The van der Waals surface area contributed by atoms with E-state index in [1.165, 1.54) is 38.5 Å². The van der Waals surface area contributed by atoms with Crippen molar-refractivity contribution in [2.24, 2.45) is 63.8 Å². The highest BCUT2D eigenvalue weighted by molar-refractivity contribution is 4.60. The highest BCUT2D eigenvalue weighted by Crippen LogP contribution is 2.13. The molecule has 0 aliphatic heterocycles. The third-order valence-corrected chi connectivity index (χ3v) is 6.44. The predicted octanol–water partition coefficient (Wildman–Crippen LogP) is 3.14. The molecule has 0 saturated carbocycles. The lowest BCUT2D eigenvalue weighted by atomic mass is 9.96. The molecule has 0 aliphatic rings. The number of hydrogen-bond donors (Lipinski definition) is 7. The zero-order valence-corrected chi connectivity index (χ0v) is 25.2. The summed E-state index contributed by atoms with van der Waals surface area (Å²) in [6, 6.07) is 0. The topological polar surface area (TPSA) is 191 Å². The van der Waals surface area contributed by atoms with E-state index in [0.29, 0.717) is 17.8 Å². The van der Waals surface area contributed by atoms with Crippen LogP contribution in [0.2, 0.25) is 0 Å². The van der Waals surface area contributed by atoms with Gasteiger partial charge in [0.05, 0.1) is 0 Å². The minimum Gasteiger partial charge on any atom is -0.385 e. The van der Waals surface area contributed by atoms with Crippen molar-refractivity contribution in [1.82, 2.24) is 0 Å². The molecule has 1 unspecified atom stereocenters. The monoisotopic (exact) mass is 522 g/mol. The molecule has 0 rings (SSSR count). The first-order valence-corrected chi connectivity index (χ1v) is 14.7. The predicted molar refractivity (Wildman–Crippen MR) is 163 cm³/mol. The second-order valence-electron chi connectivity index (χ2n) is 9.84. The summed E-state index contributed by atoms with van der Waals surface area (Å²) in [7, 11) is 1.73.